The third-order valence-electron chi connectivity index (χ3n) is 3.00. The SMILES string of the molecule is CCNS(=O)(=O)c1cc(C(C)C)c(Br)cc1C(C)C. The van der Waals surface area contributed by atoms with Crippen molar-refractivity contribution in [3.63, 3.8) is 0 Å². The predicted octanol–water partition coefficient (Wildman–Crippen LogP) is 3.99. The monoisotopic (exact) mass is 347 g/mol. The molecule has 0 saturated heterocycles. The number of rotatable bonds is 5. The van der Waals surface area contributed by atoms with E-state index in [2.05, 4.69) is 34.5 Å². The number of halogens is 1. The molecule has 0 unspecified atom stereocenters. The molecule has 19 heavy (non-hydrogen) atoms. The molecule has 108 valence electrons. The van der Waals surface area contributed by atoms with Gasteiger partial charge in [-0.2, -0.15) is 0 Å². The number of hydrogen-bond donors (Lipinski definition) is 1. The maximum Gasteiger partial charge on any atom is 0.240 e. The third kappa shape index (κ3) is 3.80. The Kier molecular flexibility index (Phi) is 5.59. The molecule has 0 aliphatic rings. The second kappa shape index (κ2) is 6.37. The van der Waals surface area contributed by atoms with Gasteiger partial charge < -0.3 is 0 Å². The minimum absolute atomic E-state index is 0.154. The van der Waals surface area contributed by atoms with Crippen LogP contribution in [-0.2, 0) is 10.0 Å². The molecule has 0 heterocycles. The molecule has 1 rings (SSSR count). The highest BCUT2D eigenvalue weighted by molar-refractivity contribution is 9.10. The molecule has 5 heteroatoms. The van der Waals surface area contributed by atoms with Gasteiger partial charge in [0.2, 0.25) is 10.0 Å². The van der Waals surface area contributed by atoms with Gasteiger partial charge in [0, 0.05) is 11.0 Å². The van der Waals surface area contributed by atoms with Gasteiger partial charge in [0.25, 0.3) is 0 Å². The van der Waals surface area contributed by atoms with Gasteiger partial charge in [0.05, 0.1) is 4.90 Å². The van der Waals surface area contributed by atoms with Gasteiger partial charge in [0.1, 0.15) is 0 Å². The largest absolute Gasteiger partial charge is 0.240 e. The number of benzene rings is 1. The van der Waals surface area contributed by atoms with Crippen LogP contribution in [0.2, 0.25) is 0 Å². The molecule has 1 N–H and O–H groups in total. The molecule has 1 aromatic carbocycles. The first-order valence-corrected chi connectivity index (χ1v) is 8.81. The second-order valence-corrected chi connectivity index (χ2v) is 7.81. The molecule has 1 aromatic rings. The second-order valence-electron chi connectivity index (χ2n) is 5.22. The summed E-state index contributed by atoms with van der Waals surface area (Å²) < 4.78 is 28.2. The van der Waals surface area contributed by atoms with Crippen molar-refractivity contribution < 1.29 is 8.42 Å². The van der Waals surface area contributed by atoms with Crippen molar-refractivity contribution >= 4 is 26.0 Å². The van der Waals surface area contributed by atoms with E-state index in [1.807, 2.05) is 19.9 Å². The number of sulfonamides is 1. The Labute approximate surface area is 125 Å². The Morgan fingerprint density at radius 3 is 2.05 bits per heavy atom. The van der Waals surface area contributed by atoms with E-state index < -0.39 is 10.0 Å². The van der Waals surface area contributed by atoms with Gasteiger partial charge in [-0.05, 0) is 35.1 Å². The predicted molar refractivity (Wildman–Crippen MR) is 83.2 cm³/mol. The van der Waals surface area contributed by atoms with Crippen molar-refractivity contribution in [2.75, 3.05) is 6.54 Å². The minimum atomic E-state index is -3.43. The first kappa shape index (κ1) is 16.7. The van der Waals surface area contributed by atoms with Crippen molar-refractivity contribution in [2.45, 2.75) is 51.3 Å². The molecule has 0 aliphatic carbocycles. The fraction of sp³-hybridized carbons (Fsp3) is 0.571. The van der Waals surface area contributed by atoms with Gasteiger partial charge >= 0.3 is 0 Å². The molecule has 0 bridgehead atoms. The first-order valence-electron chi connectivity index (χ1n) is 6.53. The van der Waals surface area contributed by atoms with Crippen LogP contribution in [0.15, 0.2) is 21.5 Å². The number of nitrogens with one attached hydrogen (secondary N) is 1. The van der Waals surface area contributed by atoms with Crippen LogP contribution < -0.4 is 4.72 Å². The summed E-state index contributed by atoms with van der Waals surface area (Å²) in [5.74, 6) is 0.423. The van der Waals surface area contributed by atoms with Crippen LogP contribution in [0.25, 0.3) is 0 Å². The third-order valence-corrected chi connectivity index (χ3v) is 5.29. The zero-order valence-corrected chi connectivity index (χ0v) is 14.5. The van der Waals surface area contributed by atoms with Crippen molar-refractivity contribution in [3.05, 3.63) is 27.7 Å². The molecule has 0 radical (unpaired) electrons. The summed E-state index contributed by atoms with van der Waals surface area (Å²) in [4.78, 5) is 0.399. The van der Waals surface area contributed by atoms with E-state index >= 15 is 0 Å². The summed E-state index contributed by atoms with van der Waals surface area (Å²) >= 11 is 3.54. The summed E-state index contributed by atoms with van der Waals surface area (Å²) in [5, 5.41) is 0. The van der Waals surface area contributed by atoms with Crippen LogP contribution in [0.4, 0.5) is 0 Å². The lowest BCUT2D eigenvalue weighted by Crippen LogP contribution is -2.25. The highest BCUT2D eigenvalue weighted by Crippen LogP contribution is 2.33. The molecule has 0 saturated carbocycles. The van der Waals surface area contributed by atoms with Gasteiger partial charge in [-0.15, -0.1) is 0 Å². The van der Waals surface area contributed by atoms with E-state index in [0.717, 1.165) is 15.6 Å². The van der Waals surface area contributed by atoms with Crippen LogP contribution >= 0.6 is 15.9 Å². The smallest absolute Gasteiger partial charge is 0.211 e. The van der Waals surface area contributed by atoms with Gasteiger partial charge in [-0.25, -0.2) is 13.1 Å². The number of hydrogen-bond acceptors (Lipinski definition) is 2. The lowest BCUT2D eigenvalue weighted by Gasteiger charge is -2.18. The standard InChI is InChI=1S/C14H22BrNO2S/c1-6-16-19(17,18)14-8-11(9(2)3)13(15)7-12(14)10(4)5/h7-10,16H,6H2,1-5H3. The molecular formula is C14H22BrNO2S. The van der Waals surface area contributed by atoms with Crippen molar-refractivity contribution in [2.24, 2.45) is 0 Å². The summed E-state index contributed by atoms with van der Waals surface area (Å²) in [5.41, 5.74) is 1.86. The molecule has 0 atom stereocenters. The van der Waals surface area contributed by atoms with Crippen molar-refractivity contribution in [3.8, 4) is 0 Å². The van der Waals surface area contributed by atoms with E-state index in [0.29, 0.717) is 11.4 Å². The quantitative estimate of drug-likeness (QED) is 0.874. The van der Waals surface area contributed by atoms with Crippen LogP contribution in [0.1, 0.15) is 57.6 Å². The van der Waals surface area contributed by atoms with E-state index in [9.17, 15) is 8.42 Å². The Morgan fingerprint density at radius 1 is 1.11 bits per heavy atom. The zero-order chi connectivity index (χ0) is 14.8. The molecule has 0 amide bonds. The average molecular weight is 348 g/mol. The van der Waals surface area contributed by atoms with E-state index in [1.165, 1.54) is 0 Å². The fourth-order valence-electron chi connectivity index (χ4n) is 1.98. The lowest BCUT2D eigenvalue weighted by atomic mass is 9.97. The molecule has 0 aromatic heterocycles. The molecule has 0 spiro atoms. The van der Waals surface area contributed by atoms with Crippen LogP contribution in [0, 0.1) is 0 Å². The zero-order valence-electron chi connectivity index (χ0n) is 12.1. The maximum atomic E-state index is 12.3. The Balaban J connectivity index is 3.55. The van der Waals surface area contributed by atoms with Crippen LogP contribution in [0.3, 0.4) is 0 Å². The normalized spacial score (nSPS) is 12.4. The minimum Gasteiger partial charge on any atom is -0.211 e. The maximum absolute atomic E-state index is 12.3. The van der Waals surface area contributed by atoms with Crippen LogP contribution in [-0.4, -0.2) is 15.0 Å². The first-order chi connectivity index (χ1) is 8.70. The van der Waals surface area contributed by atoms with Gasteiger partial charge in [0.15, 0.2) is 0 Å². The molecule has 0 aliphatic heterocycles. The van der Waals surface area contributed by atoms with Gasteiger partial charge in [-0.1, -0.05) is 50.5 Å². The molecule has 3 nitrogen and oxygen atoms in total. The summed E-state index contributed by atoms with van der Waals surface area (Å²) in [7, 11) is -3.43. The average Bonchev–Trinajstić information content (AvgIpc) is 2.27. The van der Waals surface area contributed by atoms with Crippen molar-refractivity contribution in [1.29, 1.82) is 0 Å². The topological polar surface area (TPSA) is 46.2 Å². The fourth-order valence-corrected chi connectivity index (χ4v) is 4.22. The van der Waals surface area contributed by atoms with Crippen molar-refractivity contribution in [1.82, 2.24) is 4.72 Å². The van der Waals surface area contributed by atoms with E-state index in [-0.39, 0.29) is 11.8 Å². The summed E-state index contributed by atoms with van der Waals surface area (Å²) in [6.07, 6.45) is 0. The summed E-state index contributed by atoms with van der Waals surface area (Å²) in [6, 6.07) is 3.73. The molecular weight excluding hydrogens is 326 g/mol. The Hall–Kier alpha value is -0.390. The Morgan fingerprint density at radius 2 is 1.63 bits per heavy atom. The molecule has 0 fully saturated rings. The highest BCUT2D eigenvalue weighted by atomic mass is 79.9. The highest BCUT2D eigenvalue weighted by Gasteiger charge is 2.22. The Bertz CT molecular complexity index is 551. The summed E-state index contributed by atoms with van der Waals surface area (Å²) in [6.45, 7) is 10.3. The lowest BCUT2D eigenvalue weighted by molar-refractivity contribution is 0.581. The van der Waals surface area contributed by atoms with Gasteiger partial charge in [-0.3, -0.25) is 0 Å². The van der Waals surface area contributed by atoms with E-state index in [4.69, 9.17) is 0 Å². The van der Waals surface area contributed by atoms with E-state index in [1.54, 1.807) is 13.0 Å². The van der Waals surface area contributed by atoms with Crippen LogP contribution in [0.5, 0.6) is 0 Å².